The Kier molecular flexibility index (Phi) is 5.70. The van der Waals surface area contributed by atoms with E-state index in [9.17, 15) is 9.18 Å². The zero-order chi connectivity index (χ0) is 16.7. The number of methoxy groups -OCH3 is 1. The van der Waals surface area contributed by atoms with Crippen LogP contribution in [0.5, 0.6) is 5.75 Å². The molecule has 0 fully saturated rings. The number of benzene rings is 2. The predicted molar refractivity (Wildman–Crippen MR) is 84.2 cm³/mol. The van der Waals surface area contributed by atoms with E-state index in [-0.39, 0.29) is 18.1 Å². The number of carbonyl (C=O) groups excluding carboxylic acids is 1. The van der Waals surface area contributed by atoms with Gasteiger partial charge in [-0.25, -0.2) is 4.39 Å². The molecular weight excluding hydrogens is 295 g/mol. The Labute approximate surface area is 134 Å². The van der Waals surface area contributed by atoms with Crippen molar-refractivity contribution in [2.24, 2.45) is 0 Å². The van der Waals surface area contributed by atoms with E-state index in [4.69, 9.17) is 10.00 Å². The number of nitrogens with zero attached hydrogens (tertiary/aromatic N) is 1. The molecule has 0 saturated heterocycles. The topological polar surface area (TPSA) is 62.1 Å². The first kappa shape index (κ1) is 16.5. The molecule has 4 nitrogen and oxygen atoms in total. The largest absolute Gasteiger partial charge is 0.497 e. The molecule has 0 bridgehead atoms. The quantitative estimate of drug-likeness (QED) is 0.891. The number of rotatable bonds is 6. The van der Waals surface area contributed by atoms with Crippen LogP contribution in [0.4, 0.5) is 4.39 Å². The SMILES string of the molecule is COc1ccc(CCC(=O)N[C@@H](C#N)c2ccc(F)cc2)cc1. The molecule has 1 amide bonds. The Balaban J connectivity index is 1.89. The van der Waals surface area contributed by atoms with Crippen LogP contribution in [0.25, 0.3) is 0 Å². The summed E-state index contributed by atoms with van der Waals surface area (Å²) in [7, 11) is 1.60. The number of amides is 1. The lowest BCUT2D eigenvalue weighted by Gasteiger charge is -2.12. The second-order valence-electron chi connectivity index (χ2n) is 5.03. The zero-order valence-corrected chi connectivity index (χ0v) is 12.8. The predicted octanol–water partition coefficient (Wildman–Crippen LogP) is 3.15. The van der Waals surface area contributed by atoms with Gasteiger partial charge in [0.2, 0.25) is 5.91 Å². The summed E-state index contributed by atoms with van der Waals surface area (Å²) in [6.45, 7) is 0. The lowest BCUT2D eigenvalue weighted by Crippen LogP contribution is -2.27. The number of aryl methyl sites for hydroxylation is 1. The van der Waals surface area contributed by atoms with E-state index in [0.29, 0.717) is 12.0 Å². The molecule has 0 heterocycles. The number of hydrogen-bond donors (Lipinski definition) is 1. The molecular formula is C18H17FN2O2. The lowest BCUT2D eigenvalue weighted by molar-refractivity contribution is -0.121. The summed E-state index contributed by atoms with van der Waals surface area (Å²) in [4.78, 5) is 12.0. The minimum Gasteiger partial charge on any atom is -0.497 e. The maximum Gasteiger partial charge on any atom is 0.221 e. The number of nitrogens with one attached hydrogen (secondary N) is 1. The molecule has 0 aliphatic rings. The third kappa shape index (κ3) is 4.82. The molecule has 0 aliphatic heterocycles. The summed E-state index contributed by atoms with van der Waals surface area (Å²) in [5, 5.41) is 11.8. The van der Waals surface area contributed by atoms with Gasteiger partial charge in [-0.15, -0.1) is 0 Å². The van der Waals surface area contributed by atoms with Crippen LogP contribution in [-0.2, 0) is 11.2 Å². The van der Waals surface area contributed by atoms with Crippen LogP contribution in [0.3, 0.4) is 0 Å². The molecule has 0 saturated carbocycles. The van der Waals surface area contributed by atoms with Gasteiger partial charge in [-0.1, -0.05) is 24.3 Å². The number of carbonyl (C=O) groups is 1. The van der Waals surface area contributed by atoms with Crippen molar-refractivity contribution in [1.29, 1.82) is 5.26 Å². The second-order valence-corrected chi connectivity index (χ2v) is 5.03. The Morgan fingerprint density at radius 3 is 2.43 bits per heavy atom. The van der Waals surface area contributed by atoms with Gasteiger partial charge in [0.15, 0.2) is 0 Å². The van der Waals surface area contributed by atoms with Crippen molar-refractivity contribution < 1.29 is 13.9 Å². The van der Waals surface area contributed by atoms with Crippen molar-refractivity contribution in [3.05, 3.63) is 65.5 Å². The molecule has 2 aromatic carbocycles. The summed E-state index contributed by atoms with van der Waals surface area (Å²) in [6, 6.07) is 14.2. The molecule has 2 rings (SSSR count). The Morgan fingerprint density at radius 2 is 1.87 bits per heavy atom. The van der Waals surface area contributed by atoms with E-state index < -0.39 is 6.04 Å². The van der Waals surface area contributed by atoms with E-state index in [1.807, 2.05) is 30.3 Å². The Bertz CT molecular complexity index is 690. The minimum atomic E-state index is -0.779. The first-order valence-electron chi connectivity index (χ1n) is 7.19. The number of nitriles is 1. The molecule has 0 aliphatic carbocycles. The fourth-order valence-corrected chi connectivity index (χ4v) is 2.13. The van der Waals surface area contributed by atoms with Crippen LogP contribution in [0, 0.1) is 17.1 Å². The molecule has 2 aromatic rings. The number of hydrogen-bond acceptors (Lipinski definition) is 3. The highest BCUT2D eigenvalue weighted by molar-refractivity contribution is 5.77. The second kappa shape index (κ2) is 7.95. The first-order chi connectivity index (χ1) is 11.1. The van der Waals surface area contributed by atoms with Gasteiger partial charge < -0.3 is 10.1 Å². The van der Waals surface area contributed by atoms with Crippen LogP contribution in [0.2, 0.25) is 0 Å². The molecule has 0 unspecified atom stereocenters. The highest BCUT2D eigenvalue weighted by Crippen LogP contribution is 2.15. The summed E-state index contributed by atoms with van der Waals surface area (Å²) in [6.07, 6.45) is 0.836. The zero-order valence-electron chi connectivity index (χ0n) is 12.8. The Hall–Kier alpha value is -2.87. The van der Waals surface area contributed by atoms with Gasteiger partial charge in [-0.3, -0.25) is 4.79 Å². The normalized spacial score (nSPS) is 11.3. The summed E-state index contributed by atoms with van der Waals surface area (Å²) < 4.78 is 18.0. The van der Waals surface area contributed by atoms with Crippen molar-refractivity contribution in [1.82, 2.24) is 5.32 Å². The summed E-state index contributed by atoms with van der Waals surface area (Å²) in [5.74, 6) is 0.159. The van der Waals surface area contributed by atoms with Gasteiger partial charge in [-0.2, -0.15) is 5.26 Å². The van der Waals surface area contributed by atoms with Crippen molar-refractivity contribution in [2.45, 2.75) is 18.9 Å². The third-order valence-corrected chi connectivity index (χ3v) is 3.44. The Morgan fingerprint density at radius 1 is 1.22 bits per heavy atom. The van der Waals surface area contributed by atoms with E-state index in [2.05, 4.69) is 5.32 Å². The van der Waals surface area contributed by atoms with Crippen molar-refractivity contribution in [3.8, 4) is 11.8 Å². The molecule has 118 valence electrons. The maximum absolute atomic E-state index is 12.9. The number of ether oxygens (including phenoxy) is 1. The fraction of sp³-hybridized carbons (Fsp3) is 0.222. The average molecular weight is 312 g/mol. The summed E-state index contributed by atoms with van der Waals surface area (Å²) in [5.41, 5.74) is 1.57. The van der Waals surface area contributed by atoms with Crippen LogP contribution < -0.4 is 10.1 Å². The van der Waals surface area contributed by atoms with Gasteiger partial charge in [0.1, 0.15) is 17.6 Å². The molecule has 1 atom stereocenters. The van der Waals surface area contributed by atoms with Gasteiger partial charge in [0, 0.05) is 6.42 Å². The van der Waals surface area contributed by atoms with Gasteiger partial charge >= 0.3 is 0 Å². The van der Waals surface area contributed by atoms with Crippen molar-refractivity contribution in [3.63, 3.8) is 0 Å². The molecule has 0 aromatic heterocycles. The lowest BCUT2D eigenvalue weighted by atomic mass is 10.1. The fourth-order valence-electron chi connectivity index (χ4n) is 2.13. The maximum atomic E-state index is 12.9. The highest BCUT2D eigenvalue weighted by Gasteiger charge is 2.13. The van der Waals surface area contributed by atoms with Crippen LogP contribution in [-0.4, -0.2) is 13.0 Å². The monoisotopic (exact) mass is 312 g/mol. The van der Waals surface area contributed by atoms with Crippen LogP contribution in [0.15, 0.2) is 48.5 Å². The van der Waals surface area contributed by atoms with Crippen molar-refractivity contribution >= 4 is 5.91 Å². The van der Waals surface area contributed by atoms with E-state index in [1.165, 1.54) is 24.3 Å². The van der Waals surface area contributed by atoms with Crippen LogP contribution >= 0.6 is 0 Å². The van der Waals surface area contributed by atoms with E-state index >= 15 is 0 Å². The average Bonchev–Trinajstić information content (AvgIpc) is 2.59. The van der Waals surface area contributed by atoms with Gasteiger partial charge in [-0.05, 0) is 41.8 Å². The minimum absolute atomic E-state index is 0.225. The van der Waals surface area contributed by atoms with Gasteiger partial charge in [0.05, 0.1) is 13.2 Å². The molecule has 0 spiro atoms. The summed E-state index contributed by atoms with van der Waals surface area (Å²) >= 11 is 0. The smallest absolute Gasteiger partial charge is 0.221 e. The molecule has 0 radical (unpaired) electrons. The van der Waals surface area contributed by atoms with Crippen LogP contribution in [0.1, 0.15) is 23.6 Å². The number of halogens is 1. The van der Waals surface area contributed by atoms with E-state index in [1.54, 1.807) is 7.11 Å². The van der Waals surface area contributed by atoms with E-state index in [0.717, 1.165) is 11.3 Å². The first-order valence-corrected chi connectivity index (χ1v) is 7.19. The molecule has 23 heavy (non-hydrogen) atoms. The van der Waals surface area contributed by atoms with Crippen molar-refractivity contribution in [2.75, 3.05) is 7.11 Å². The highest BCUT2D eigenvalue weighted by atomic mass is 19.1. The standard InChI is InChI=1S/C18H17FN2O2/c1-23-16-9-2-13(3-10-16)4-11-18(22)21-17(12-20)14-5-7-15(19)8-6-14/h2-3,5-10,17H,4,11H2,1H3,(H,21,22)/t17-/m0/s1. The molecule has 1 N–H and O–H groups in total. The van der Waals surface area contributed by atoms with Gasteiger partial charge in [0.25, 0.3) is 0 Å². The third-order valence-electron chi connectivity index (χ3n) is 3.44. The molecule has 5 heteroatoms.